The average molecular weight is 336 g/mol. The van der Waals surface area contributed by atoms with E-state index >= 15 is 0 Å². The SMILES string of the molecule is CCC(CCc1nnc(-c2ccc(C(=O)O)cc2)o1)c1ccccc1. The fourth-order valence-electron chi connectivity index (χ4n) is 2.86. The molecule has 5 nitrogen and oxygen atoms in total. The van der Waals surface area contributed by atoms with Gasteiger partial charge in [-0.15, -0.1) is 10.2 Å². The topological polar surface area (TPSA) is 76.2 Å². The summed E-state index contributed by atoms with van der Waals surface area (Å²) in [4.78, 5) is 10.9. The lowest BCUT2D eigenvalue weighted by Gasteiger charge is -2.13. The molecule has 0 aliphatic carbocycles. The molecule has 3 rings (SSSR count). The van der Waals surface area contributed by atoms with Gasteiger partial charge in [-0.05, 0) is 48.6 Å². The van der Waals surface area contributed by atoms with Crippen LogP contribution in [0.2, 0.25) is 0 Å². The van der Waals surface area contributed by atoms with E-state index in [1.54, 1.807) is 12.1 Å². The molecule has 0 bridgehead atoms. The molecular weight excluding hydrogens is 316 g/mol. The molecular formula is C20H20N2O3. The van der Waals surface area contributed by atoms with E-state index in [2.05, 4.69) is 41.4 Å². The number of benzene rings is 2. The van der Waals surface area contributed by atoms with E-state index < -0.39 is 5.97 Å². The second-order valence-electron chi connectivity index (χ2n) is 5.94. The molecule has 1 atom stereocenters. The Morgan fingerprint density at radius 3 is 2.44 bits per heavy atom. The van der Waals surface area contributed by atoms with Crippen LogP contribution in [0.4, 0.5) is 0 Å². The molecule has 1 heterocycles. The maximum absolute atomic E-state index is 10.9. The lowest BCUT2D eigenvalue weighted by Crippen LogP contribution is -1.99. The highest BCUT2D eigenvalue weighted by molar-refractivity contribution is 5.88. The zero-order valence-corrected chi connectivity index (χ0v) is 14.1. The van der Waals surface area contributed by atoms with Crippen molar-refractivity contribution in [2.45, 2.75) is 32.1 Å². The molecule has 0 spiro atoms. The highest BCUT2D eigenvalue weighted by atomic mass is 16.4. The standard InChI is InChI=1S/C20H20N2O3/c1-2-14(15-6-4-3-5-7-15)12-13-18-21-22-19(25-18)16-8-10-17(11-9-16)20(23)24/h3-11,14H,2,12-13H2,1H3,(H,23,24). The third kappa shape index (κ3) is 4.12. The van der Waals surface area contributed by atoms with Gasteiger partial charge in [-0.3, -0.25) is 0 Å². The number of aromatic carboxylic acids is 1. The van der Waals surface area contributed by atoms with Crippen LogP contribution in [-0.4, -0.2) is 21.3 Å². The number of hydrogen-bond donors (Lipinski definition) is 1. The van der Waals surface area contributed by atoms with Gasteiger partial charge in [0.2, 0.25) is 11.8 Å². The average Bonchev–Trinajstić information content (AvgIpc) is 3.12. The van der Waals surface area contributed by atoms with Crippen LogP contribution >= 0.6 is 0 Å². The van der Waals surface area contributed by atoms with Gasteiger partial charge in [0.05, 0.1) is 5.56 Å². The van der Waals surface area contributed by atoms with E-state index in [1.807, 2.05) is 6.07 Å². The minimum absolute atomic E-state index is 0.233. The fourth-order valence-corrected chi connectivity index (χ4v) is 2.86. The zero-order chi connectivity index (χ0) is 17.6. The number of hydrogen-bond acceptors (Lipinski definition) is 4. The highest BCUT2D eigenvalue weighted by Crippen LogP contribution is 2.25. The van der Waals surface area contributed by atoms with Crippen LogP contribution in [0.25, 0.3) is 11.5 Å². The third-order valence-electron chi connectivity index (χ3n) is 4.32. The van der Waals surface area contributed by atoms with Crippen molar-refractivity contribution in [3.63, 3.8) is 0 Å². The minimum Gasteiger partial charge on any atom is -0.478 e. The summed E-state index contributed by atoms with van der Waals surface area (Å²) in [5.41, 5.74) is 2.28. The summed E-state index contributed by atoms with van der Waals surface area (Å²) < 4.78 is 5.73. The highest BCUT2D eigenvalue weighted by Gasteiger charge is 2.13. The molecule has 1 N–H and O–H groups in total. The van der Waals surface area contributed by atoms with Crippen molar-refractivity contribution in [1.29, 1.82) is 0 Å². The van der Waals surface area contributed by atoms with Crippen LogP contribution in [0.3, 0.4) is 0 Å². The van der Waals surface area contributed by atoms with Gasteiger partial charge in [-0.25, -0.2) is 4.79 Å². The normalized spacial score (nSPS) is 12.0. The number of aryl methyl sites for hydroxylation is 1. The first-order valence-electron chi connectivity index (χ1n) is 8.38. The Bertz CT molecular complexity index is 826. The van der Waals surface area contributed by atoms with Crippen molar-refractivity contribution in [2.75, 3.05) is 0 Å². The van der Waals surface area contributed by atoms with Gasteiger partial charge in [0.1, 0.15) is 0 Å². The van der Waals surface area contributed by atoms with Gasteiger partial charge in [0.25, 0.3) is 0 Å². The Kier molecular flexibility index (Phi) is 5.23. The number of carboxylic acid groups (broad SMARTS) is 1. The van der Waals surface area contributed by atoms with Crippen molar-refractivity contribution >= 4 is 5.97 Å². The number of nitrogens with zero attached hydrogens (tertiary/aromatic N) is 2. The first-order valence-corrected chi connectivity index (χ1v) is 8.38. The molecule has 5 heteroatoms. The van der Waals surface area contributed by atoms with Crippen LogP contribution in [-0.2, 0) is 6.42 Å². The van der Waals surface area contributed by atoms with Crippen LogP contribution in [0.1, 0.15) is 47.5 Å². The number of carbonyl (C=O) groups is 1. The van der Waals surface area contributed by atoms with Crippen LogP contribution in [0, 0.1) is 0 Å². The summed E-state index contributed by atoms with van der Waals surface area (Å²) in [7, 11) is 0. The molecule has 0 fully saturated rings. The lowest BCUT2D eigenvalue weighted by atomic mass is 9.92. The number of aromatic nitrogens is 2. The molecule has 0 saturated carbocycles. The van der Waals surface area contributed by atoms with Crippen LogP contribution in [0.15, 0.2) is 59.0 Å². The molecule has 1 unspecified atom stereocenters. The Balaban J connectivity index is 1.66. The molecule has 128 valence electrons. The summed E-state index contributed by atoms with van der Waals surface area (Å²) in [5.74, 6) is 0.530. The van der Waals surface area contributed by atoms with Crippen LogP contribution < -0.4 is 0 Å². The van der Waals surface area contributed by atoms with Crippen LogP contribution in [0.5, 0.6) is 0 Å². The summed E-state index contributed by atoms with van der Waals surface area (Å²) in [6.45, 7) is 2.18. The quantitative estimate of drug-likeness (QED) is 0.684. The predicted molar refractivity (Wildman–Crippen MR) is 94.5 cm³/mol. The van der Waals surface area contributed by atoms with Crippen molar-refractivity contribution in [2.24, 2.45) is 0 Å². The van der Waals surface area contributed by atoms with E-state index in [0.717, 1.165) is 18.4 Å². The third-order valence-corrected chi connectivity index (χ3v) is 4.32. The molecule has 3 aromatic rings. The monoisotopic (exact) mass is 336 g/mol. The molecule has 2 aromatic carbocycles. The largest absolute Gasteiger partial charge is 0.478 e. The number of rotatable bonds is 7. The lowest BCUT2D eigenvalue weighted by molar-refractivity contribution is 0.0697. The Hall–Kier alpha value is -2.95. The van der Waals surface area contributed by atoms with Crippen molar-refractivity contribution in [3.05, 3.63) is 71.6 Å². The van der Waals surface area contributed by atoms with E-state index in [4.69, 9.17) is 9.52 Å². The first kappa shape index (κ1) is 16.9. The summed E-state index contributed by atoms with van der Waals surface area (Å²) >= 11 is 0. The number of carboxylic acids is 1. The van der Waals surface area contributed by atoms with Gasteiger partial charge in [0, 0.05) is 12.0 Å². The molecule has 0 amide bonds. The van der Waals surface area contributed by atoms with Crippen molar-refractivity contribution in [3.8, 4) is 11.5 Å². The smallest absolute Gasteiger partial charge is 0.335 e. The van der Waals surface area contributed by atoms with E-state index in [9.17, 15) is 4.79 Å². The fraction of sp³-hybridized carbons (Fsp3) is 0.250. The molecule has 1 aromatic heterocycles. The van der Waals surface area contributed by atoms with Crippen molar-refractivity contribution in [1.82, 2.24) is 10.2 Å². The Morgan fingerprint density at radius 1 is 1.08 bits per heavy atom. The minimum atomic E-state index is -0.954. The summed E-state index contributed by atoms with van der Waals surface area (Å²) in [6.07, 6.45) is 2.72. The molecule has 25 heavy (non-hydrogen) atoms. The maximum atomic E-state index is 10.9. The predicted octanol–water partition coefficient (Wildman–Crippen LogP) is 4.56. The molecule has 0 radical (unpaired) electrons. The van der Waals surface area contributed by atoms with Gasteiger partial charge in [0.15, 0.2) is 0 Å². The first-order chi connectivity index (χ1) is 12.2. The summed E-state index contributed by atoms with van der Waals surface area (Å²) in [5, 5.41) is 17.1. The zero-order valence-electron chi connectivity index (χ0n) is 14.1. The Labute approximate surface area is 146 Å². The second-order valence-corrected chi connectivity index (χ2v) is 5.94. The molecule has 0 saturated heterocycles. The molecule has 0 aliphatic rings. The van der Waals surface area contributed by atoms with E-state index in [0.29, 0.717) is 24.1 Å². The van der Waals surface area contributed by atoms with Crippen molar-refractivity contribution < 1.29 is 14.3 Å². The van der Waals surface area contributed by atoms with Gasteiger partial charge >= 0.3 is 5.97 Å². The maximum Gasteiger partial charge on any atom is 0.335 e. The Morgan fingerprint density at radius 2 is 1.80 bits per heavy atom. The summed E-state index contributed by atoms with van der Waals surface area (Å²) in [6, 6.07) is 16.9. The molecule has 0 aliphatic heterocycles. The van der Waals surface area contributed by atoms with Gasteiger partial charge in [-0.2, -0.15) is 0 Å². The van der Waals surface area contributed by atoms with E-state index in [1.165, 1.54) is 17.7 Å². The van der Waals surface area contributed by atoms with Gasteiger partial charge in [-0.1, -0.05) is 37.3 Å². The van der Waals surface area contributed by atoms with E-state index in [-0.39, 0.29) is 5.56 Å². The second kappa shape index (κ2) is 7.75. The van der Waals surface area contributed by atoms with Gasteiger partial charge < -0.3 is 9.52 Å².